The van der Waals surface area contributed by atoms with Crippen LogP contribution < -0.4 is 10.6 Å². The first-order valence-corrected chi connectivity index (χ1v) is 11.8. The lowest BCUT2D eigenvalue weighted by Gasteiger charge is -2.33. The number of benzene rings is 1. The standard InChI is InChI=1S/C23H30FN5OS/c1-2-25-23(26-8-7-17-15-27-20-6-5-18(24)14-19(17)20)28-16-21(22-4-3-13-31-22)29-9-11-30-12-10-29/h3-6,13-15,21,27H,2,7-12,16H2,1H3,(H2,25,26,28). The van der Waals surface area contributed by atoms with Crippen LogP contribution in [0.1, 0.15) is 23.4 Å². The summed E-state index contributed by atoms with van der Waals surface area (Å²) in [6.07, 6.45) is 2.74. The van der Waals surface area contributed by atoms with Gasteiger partial charge in [-0.1, -0.05) is 6.07 Å². The van der Waals surface area contributed by atoms with Crippen LogP contribution in [0.4, 0.5) is 4.39 Å². The number of hydrogen-bond acceptors (Lipinski definition) is 4. The third kappa shape index (κ3) is 5.64. The maximum absolute atomic E-state index is 13.6. The summed E-state index contributed by atoms with van der Waals surface area (Å²) in [5, 5.41) is 9.84. The lowest BCUT2D eigenvalue weighted by Crippen LogP contribution is -2.42. The van der Waals surface area contributed by atoms with E-state index >= 15 is 0 Å². The van der Waals surface area contributed by atoms with E-state index in [1.165, 1.54) is 10.9 Å². The van der Waals surface area contributed by atoms with E-state index in [-0.39, 0.29) is 11.9 Å². The molecule has 166 valence electrons. The topological polar surface area (TPSA) is 64.7 Å². The number of morpholine rings is 1. The van der Waals surface area contributed by atoms with Crippen molar-refractivity contribution in [2.75, 3.05) is 45.9 Å². The van der Waals surface area contributed by atoms with Crippen molar-refractivity contribution >= 4 is 28.2 Å². The third-order valence-corrected chi connectivity index (χ3v) is 6.51. The van der Waals surface area contributed by atoms with Crippen LogP contribution in [-0.2, 0) is 11.2 Å². The number of aromatic amines is 1. The number of thiophene rings is 1. The highest BCUT2D eigenvalue weighted by Gasteiger charge is 2.23. The molecule has 31 heavy (non-hydrogen) atoms. The van der Waals surface area contributed by atoms with Crippen molar-refractivity contribution in [3.63, 3.8) is 0 Å². The molecule has 3 aromatic rings. The van der Waals surface area contributed by atoms with Gasteiger partial charge in [0.2, 0.25) is 0 Å². The smallest absolute Gasteiger partial charge is 0.191 e. The van der Waals surface area contributed by atoms with Crippen molar-refractivity contribution in [3.8, 4) is 0 Å². The third-order valence-electron chi connectivity index (χ3n) is 5.54. The predicted octanol–water partition coefficient (Wildman–Crippen LogP) is 3.54. The molecule has 1 unspecified atom stereocenters. The van der Waals surface area contributed by atoms with E-state index in [4.69, 9.17) is 9.73 Å². The SMILES string of the molecule is CCNC(=NCC(c1cccs1)N1CCOCC1)NCCc1c[nH]c2ccc(F)cc12. The number of halogens is 1. The summed E-state index contributed by atoms with van der Waals surface area (Å²) < 4.78 is 19.2. The Morgan fingerprint density at radius 1 is 1.29 bits per heavy atom. The van der Waals surface area contributed by atoms with Gasteiger partial charge >= 0.3 is 0 Å². The average molecular weight is 444 g/mol. The molecule has 1 aliphatic heterocycles. The largest absolute Gasteiger partial charge is 0.379 e. The molecular formula is C23H30FN5OS. The molecule has 0 saturated carbocycles. The van der Waals surface area contributed by atoms with Gasteiger partial charge in [-0.2, -0.15) is 0 Å². The zero-order valence-corrected chi connectivity index (χ0v) is 18.7. The van der Waals surface area contributed by atoms with Crippen molar-refractivity contribution in [1.29, 1.82) is 0 Å². The number of fused-ring (bicyclic) bond motifs is 1. The quantitative estimate of drug-likeness (QED) is 0.368. The molecule has 2 aromatic heterocycles. The second kappa shape index (κ2) is 10.7. The van der Waals surface area contributed by atoms with Crippen LogP contribution in [0.2, 0.25) is 0 Å². The van der Waals surface area contributed by atoms with Gasteiger partial charge in [-0.05, 0) is 48.6 Å². The Morgan fingerprint density at radius 2 is 2.16 bits per heavy atom. The predicted molar refractivity (Wildman–Crippen MR) is 125 cm³/mol. The zero-order chi connectivity index (χ0) is 21.5. The van der Waals surface area contributed by atoms with Gasteiger partial charge in [0.25, 0.3) is 0 Å². The minimum atomic E-state index is -0.209. The van der Waals surface area contributed by atoms with Crippen molar-refractivity contribution in [2.24, 2.45) is 4.99 Å². The van der Waals surface area contributed by atoms with Crippen LogP contribution in [0, 0.1) is 5.82 Å². The second-order valence-electron chi connectivity index (χ2n) is 7.58. The molecule has 3 heterocycles. The van der Waals surface area contributed by atoms with Crippen LogP contribution >= 0.6 is 11.3 Å². The number of nitrogens with one attached hydrogen (secondary N) is 3. The Kier molecular flexibility index (Phi) is 7.56. The van der Waals surface area contributed by atoms with Gasteiger partial charge in [-0.3, -0.25) is 9.89 Å². The number of ether oxygens (including phenoxy) is 1. The molecule has 0 amide bonds. The van der Waals surface area contributed by atoms with Crippen LogP contribution in [0.5, 0.6) is 0 Å². The van der Waals surface area contributed by atoms with Crippen molar-refractivity contribution in [2.45, 2.75) is 19.4 Å². The van der Waals surface area contributed by atoms with E-state index in [2.05, 4.69) is 45.0 Å². The van der Waals surface area contributed by atoms with E-state index in [1.54, 1.807) is 23.5 Å². The van der Waals surface area contributed by atoms with Gasteiger partial charge in [0.15, 0.2) is 5.96 Å². The Balaban J connectivity index is 1.40. The molecule has 1 aromatic carbocycles. The summed E-state index contributed by atoms with van der Waals surface area (Å²) >= 11 is 1.78. The number of H-pyrrole nitrogens is 1. The molecule has 1 atom stereocenters. The molecular weight excluding hydrogens is 413 g/mol. The van der Waals surface area contributed by atoms with E-state index in [0.717, 1.165) is 68.2 Å². The molecule has 0 radical (unpaired) electrons. The fraction of sp³-hybridized carbons (Fsp3) is 0.435. The first-order chi connectivity index (χ1) is 15.2. The number of aliphatic imine (C=N–C) groups is 1. The first-order valence-electron chi connectivity index (χ1n) is 10.9. The minimum Gasteiger partial charge on any atom is -0.379 e. The van der Waals surface area contributed by atoms with Gasteiger partial charge in [-0.15, -0.1) is 11.3 Å². The number of rotatable bonds is 8. The molecule has 0 bridgehead atoms. The lowest BCUT2D eigenvalue weighted by atomic mass is 10.1. The Hall–Kier alpha value is -2.42. The monoisotopic (exact) mass is 443 g/mol. The van der Waals surface area contributed by atoms with Crippen molar-refractivity contribution in [3.05, 3.63) is 58.2 Å². The molecule has 4 rings (SSSR count). The molecule has 3 N–H and O–H groups in total. The summed E-state index contributed by atoms with van der Waals surface area (Å²) in [4.78, 5) is 11.9. The first kappa shape index (κ1) is 21.8. The molecule has 1 fully saturated rings. The van der Waals surface area contributed by atoms with Gasteiger partial charge in [0, 0.05) is 48.2 Å². The van der Waals surface area contributed by atoms with Crippen molar-refractivity contribution < 1.29 is 9.13 Å². The van der Waals surface area contributed by atoms with Gasteiger partial charge < -0.3 is 20.4 Å². The number of aromatic nitrogens is 1. The van der Waals surface area contributed by atoms with Crippen LogP contribution in [0.25, 0.3) is 10.9 Å². The number of nitrogens with zero attached hydrogens (tertiary/aromatic N) is 2. The van der Waals surface area contributed by atoms with Gasteiger partial charge in [0.05, 0.1) is 25.8 Å². The maximum atomic E-state index is 13.6. The number of hydrogen-bond donors (Lipinski definition) is 3. The van der Waals surface area contributed by atoms with E-state index in [1.807, 2.05) is 6.20 Å². The molecule has 1 aliphatic rings. The van der Waals surface area contributed by atoms with Gasteiger partial charge in [0.1, 0.15) is 5.82 Å². The Bertz CT molecular complexity index is 981. The highest BCUT2D eigenvalue weighted by atomic mass is 32.1. The van der Waals surface area contributed by atoms with Crippen molar-refractivity contribution in [1.82, 2.24) is 20.5 Å². The van der Waals surface area contributed by atoms with E-state index < -0.39 is 0 Å². The van der Waals surface area contributed by atoms with Crippen LogP contribution in [-0.4, -0.2) is 61.8 Å². The average Bonchev–Trinajstić information content (AvgIpc) is 3.45. The molecule has 1 saturated heterocycles. The molecule has 8 heteroatoms. The second-order valence-corrected chi connectivity index (χ2v) is 8.56. The highest BCUT2D eigenvalue weighted by molar-refractivity contribution is 7.10. The maximum Gasteiger partial charge on any atom is 0.191 e. The van der Waals surface area contributed by atoms with E-state index in [0.29, 0.717) is 6.54 Å². The fourth-order valence-electron chi connectivity index (χ4n) is 3.95. The summed E-state index contributed by atoms with van der Waals surface area (Å²) in [5.41, 5.74) is 2.06. The molecule has 0 spiro atoms. The zero-order valence-electron chi connectivity index (χ0n) is 17.9. The van der Waals surface area contributed by atoms with E-state index in [9.17, 15) is 4.39 Å². The summed E-state index contributed by atoms with van der Waals surface area (Å²) in [7, 11) is 0. The molecule has 6 nitrogen and oxygen atoms in total. The minimum absolute atomic E-state index is 0.209. The Labute approximate surface area is 186 Å². The fourth-order valence-corrected chi connectivity index (χ4v) is 4.80. The van der Waals surface area contributed by atoms with Gasteiger partial charge in [-0.25, -0.2) is 4.39 Å². The summed E-state index contributed by atoms with van der Waals surface area (Å²) in [6.45, 7) is 7.68. The Morgan fingerprint density at radius 3 is 2.94 bits per heavy atom. The highest BCUT2D eigenvalue weighted by Crippen LogP contribution is 2.26. The normalized spacial score (nSPS) is 16.5. The van der Waals surface area contributed by atoms with Crippen LogP contribution in [0.3, 0.4) is 0 Å². The summed E-state index contributed by atoms with van der Waals surface area (Å²) in [5.74, 6) is 0.599. The van der Waals surface area contributed by atoms with Crippen LogP contribution in [0.15, 0.2) is 46.9 Å². The lowest BCUT2D eigenvalue weighted by molar-refractivity contribution is 0.0186. The summed E-state index contributed by atoms with van der Waals surface area (Å²) in [6, 6.07) is 9.41. The number of guanidine groups is 1. The molecule has 0 aliphatic carbocycles.